The second-order valence-electron chi connectivity index (χ2n) is 1.61. The minimum atomic E-state index is -5.46. The summed E-state index contributed by atoms with van der Waals surface area (Å²) in [5.74, 6) is 0. The summed E-state index contributed by atoms with van der Waals surface area (Å²) in [4.78, 5) is 40.2. The van der Waals surface area contributed by atoms with Gasteiger partial charge in [-0.1, -0.05) is 0 Å². The first kappa shape index (κ1) is 25.2. The van der Waals surface area contributed by atoms with Gasteiger partial charge in [-0.25, -0.2) is 13.7 Å². The Labute approximate surface area is 89.6 Å². The van der Waals surface area contributed by atoms with Crippen molar-refractivity contribution in [2.24, 2.45) is 0 Å². The highest BCUT2D eigenvalue weighted by atomic mass is 31.3. The van der Waals surface area contributed by atoms with Gasteiger partial charge in [-0.3, -0.25) is 0 Å². The average molecular weight is 309 g/mol. The second-order valence-corrected chi connectivity index (χ2v) is 5.82. The summed E-state index contributed by atoms with van der Waals surface area (Å²) in [5.41, 5.74) is 0. The first-order chi connectivity index (χ1) is 5.41. The Kier molecular flexibility index (Phi) is 12.0. The monoisotopic (exact) mass is 309 g/mol. The van der Waals surface area contributed by atoms with E-state index in [2.05, 4.69) is 8.62 Å². The molecular formula is H14N3O10P3. The van der Waals surface area contributed by atoms with Gasteiger partial charge >= 0.3 is 23.5 Å². The third kappa shape index (κ3) is 16.7. The molecule has 0 aliphatic rings. The van der Waals surface area contributed by atoms with Gasteiger partial charge in [0.25, 0.3) is 0 Å². The van der Waals surface area contributed by atoms with Crippen molar-refractivity contribution in [3.8, 4) is 0 Å². The smallest absolute Gasteiger partial charge is 0.344 e. The number of phosphoric acid groups is 3. The van der Waals surface area contributed by atoms with E-state index in [0.717, 1.165) is 0 Å². The van der Waals surface area contributed by atoms with E-state index in [-0.39, 0.29) is 18.5 Å². The summed E-state index contributed by atoms with van der Waals surface area (Å²) in [6.45, 7) is 0. The minimum absolute atomic E-state index is 0. The van der Waals surface area contributed by atoms with E-state index in [1.165, 1.54) is 0 Å². The van der Waals surface area contributed by atoms with Crippen molar-refractivity contribution < 1.29 is 46.8 Å². The molecule has 0 aromatic rings. The van der Waals surface area contributed by atoms with E-state index in [1.807, 2.05) is 0 Å². The standard InChI is InChI=1S/3H3N.H5O10P3/c;;;1-11(2,3)9-13(7,8)10-12(4,5)6/h3*1H3;(H,7,8)(H2,1,2,3)(H2,4,5,6). The summed E-state index contributed by atoms with van der Waals surface area (Å²) < 4.78 is 36.4. The van der Waals surface area contributed by atoms with Crippen LogP contribution in [0.3, 0.4) is 0 Å². The molecule has 104 valence electrons. The van der Waals surface area contributed by atoms with Crippen molar-refractivity contribution >= 4 is 23.5 Å². The maximum Gasteiger partial charge on any atom is 0.490 e. The molecule has 0 amide bonds. The van der Waals surface area contributed by atoms with Crippen LogP contribution in [-0.2, 0) is 22.3 Å². The van der Waals surface area contributed by atoms with Crippen molar-refractivity contribution in [1.82, 2.24) is 18.5 Å². The third-order valence-corrected chi connectivity index (χ3v) is 3.77. The number of rotatable bonds is 4. The first-order valence-corrected chi connectivity index (χ1v) is 6.83. The van der Waals surface area contributed by atoms with Crippen LogP contribution in [0, 0.1) is 0 Å². The summed E-state index contributed by atoms with van der Waals surface area (Å²) in [6, 6.07) is 0. The van der Waals surface area contributed by atoms with E-state index in [0.29, 0.717) is 0 Å². The van der Waals surface area contributed by atoms with E-state index < -0.39 is 23.5 Å². The highest BCUT2D eigenvalue weighted by Crippen LogP contribution is 2.64. The lowest BCUT2D eigenvalue weighted by Gasteiger charge is -2.11. The first-order valence-electron chi connectivity index (χ1n) is 2.28. The maximum absolute atomic E-state index is 10.4. The van der Waals surface area contributed by atoms with Gasteiger partial charge in [-0.2, -0.15) is 8.62 Å². The molecule has 0 rings (SSSR count). The van der Waals surface area contributed by atoms with Crippen LogP contribution in [0.5, 0.6) is 0 Å². The fourth-order valence-corrected chi connectivity index (χ4v) is 2.82. The number of hydrogen-bond acceptors (Lipinski definition) is 8. The van der Waals surface area contributed by atoms with Crippen LogP contribution in [0.1, 0.15) is 0 Å². The van der Waals surface area contributed by atoms with Crippen molar-refractivity contribution in [2.75, 3.05) is 0 Å². The predicted octanol–water partition coefficient (Wildman–Crippen LogP) is -0.209. The quantitative estimate of drug-likeness (QED) is 0.312. The summed E-state index contributed by atoms with van der Waals surface area (Å²) in [6.07, 6.45) is 0. The molecule has 0 unspecified atom stereocenters. The fraction of sp³-hybridized carbons (Fsp3) is 0. The molecule has 16 heavy (non-hydrogen) atoms. The van der Waals surface area contributed by atoms with Crippen LogP contribution in [-0.4, -0.2) is 24.5 Å². The van der Waals surface area contributed by atoms with Gasteiger partial charge in [0.05, 0.1) is 0 Å². The summed E-state index contributed by atoms with van der Waals surface area (Å²) in [5, 5.41) is 0. The van der Waals surface area contributed by atoms with Crippen LogP contribution in [0.15, 0.2) is 0 Å². The highest BCUT2D eigenvalue weighted by molar-refractivity contribution is 7.66. The van der Waals surface area contributed by atoms with Gasteiger partial charge < -0.3 is 42.9 Å². The van der Waals surface area contributed by atoms with Crippen LogP contribution in [0.2, 0.25) is 0 Å². The Morgan fingerprint density at radius 1 is 0.625 bits per heavy atom. The Morgan fingerprint density at radius 2 is 0.812 bits per heavy atom. The lowest BCUT2D eigenvalue weighted by molar-refractivity contribution is 0.204. The molecule has 14 N–H and O–H groups in total. The molecule has 0 aromatic carbocycles. The molecule has 0 saturated heterocycles. The summed E-state index contributed by atoms with van der Waals surface area (Å²) in [7, 11) is -16.2. The van der Waals surface area contributed by atoms with Gasteiger partial charge in [0.2, 0.25) is 0 Å². The largest absolute Gasteiger partial charge is 0.490 e. The molecule has 0 radical (unpaired) electrons. The van der Waals surface area contributed by atoms with Gasteiger partial charge in [-0.05, 0) is 0 Å². The summed E-state index contributed by atoms with van der Waals surface area (Å²) >= 11 is 0. The lowest BCUT2D eigenvalue weighted by Crippen LogP contribution is -1.91. The molecule has 13 nitrogen and oxygen atoms in total. The predicted molar refractivity (Wildman–Crippen MR) is 51.1 cm³/mol. The van der Waals surface area contributed by atoms with Crippen LogP contribution in [0.25, 0.3) is 0 Å². The van der Waals surface area contributed by atoms with Gasteiger partial charge in [0.15, 0.2) is 0 Å². The van der Waals surface area contributed by atoms with Crippen LogP contribution < -0.4 is 18.5 Å². The molecule has 16 heteroatoms. The highest BCUT2D eigenvalue weighted by Gasteiger charge is 2.38. The topological polar surface area (TPSA) is 276 Å². The average Bonchev–Trinajstić information content (AvgIpc) is 1.43. The van der Waals surface area contributed by atoms with Crippen molar-refractivity contribution in [2.45, 2.75) is 0 Å². The van der Waals surface area contributed by atoms with E-state index in [9.17, 15) is 13.7 Å². The molecule has 0 fully saturated rings. The number of hydrogen-bond donors (Lipinski definition) is 8. The third-order valence-electron chi connectivity index (χ3n) is 0.419. The zero-order valence-corrected chi connectivity index (χ0v) is 10.4. The molecule has 0 aliphatic carbocycles. The molecule has 0 bridgehead atoms. The fourth-order valence-electron chi connectivity index (χ4n) is 0.284. The van der Waals surface area contributed by atoms with Crippen molar-refractivity contribution in [3.05, 3.63) is 0 Å². The molecule has 0 atom stereocenters. The van der Waals surface area contributed by atoms with Crippen molar-refractivity contribution in [1.29, 1.82) is 0 Å². The minimum Gasteiger partial charge on any atom is -0.344 e. The van der Waals surface area contributed by atoms with E-state index >= 15 is 0 Å². The zero-order valence-electron chi connectivity index (χ0n) is 7.74. The van der Waals surface area contributed by atoms with Gasteiger partial charge in [0.1, 0.15) is 0 Å². The van der Waals surface area contributed by atoms with Gasteiger partial charge in [0, 0.05) is 0 Å². The zero-order chi connectivity index (χ0) is 10.9. The Morgan fingerprint density at radius 3 is 0.938 bits per heavy atom. The van der Waals surface area contributed by atoms with E-state index in [1.54, 1.807) is 0 Å². The Hall–Kier alpha value is 0.290. The van der Waals surface area contributed by atoms with Gasteiger partial charge in [-0.15, -0.1) is 0 Å². The molecule has 0 aromatic heterocycles. The lowest BCUT2D eigenvalue weighted by atomic mass is 14.0. The molecular weight excluding hydrogens is 295 g/mol. The molecule has 0 saturated carbocycles. The second kappa shape index (κ2) is 7.58. The normalized spacial score (nSPS) is 11.8. The Bertz CT molecular complexity index is 283. The van der Waals surface area contributed by atoms with Crippen LogP contribution in [0.4, 0.5) is 0 Å². The molecule has 0 heterocycles. The molecule has 0 spiro atoms. The molecule has 0 aliphatic heterocycles. The van der Waals surface area contributed by atoms with E-state index in [4.69, 9.17) is 24.5 Å². The van der Waals surface area contributed by atoms with Crippen LogP contribution >= 0.6 is 23.5 Å². The van der Waals surface area contributed by atoms with Crippen molar-refractivity contribution in [3.63, 3.8) is 0 Å². The SMILES string of the molecule is N.N.N.O=P(O)(O)OP(=O)(O)OP(=O)(O)O. The Balaban J connectivity index is -0.000000240. The maximum atomic E-state index is 10.4.